The third-order valence-corrected chi connectivity index (χ3v) is 4.60. The van der Waals surface area contributed by atoms with Crippen LogP contribution in [-0.2, 0) is 0 Å². The molecule has 1 saturated heterocycles. The van der Waals surface area contributed by atoms with Crippen LogP contribution in [-0.4, -0.2) is 43.5 Å². The summed E-state index contributed by atoms with van der Waals surface area (Å²) in [6.45, 7) is 5.42. The molecule has 0 aromatic heterocycles. The van der Waals surface area contributed by atoms with E-state index in [-0.39, 0.29) is 5.84 Å². The van der Waals surface area contributed by atoms with E-state index < -0.39 is 0 Å². The summed E-state index contributed by atoms with van der Waals surface area (Å²) in [6, 6.07) is 6.52. The van der Waals surface area contributed by atoms with Gasteiger partial charge in [0.25, 0.3) is 0 Å². The molecule has 0 saturated carbocycles. The van der Waals surface area contributed by atoms with Crippen molar-refractivity contribution in [2.75, 3.05) is 31.6 Å². The molecule has 0 amide bonds. The van der Waals surface area contributed by atoms with E-state index >= 15 is 0 Å². The van der Waals surface area contributed by atoms with Gasteiger partial charge in [0.15, 0.2) is 0 Å². The van der Waals surface area contributed by atoms with Gasteiger partial charge in [-0.3, -0.25) is 5.41 Å². The summed E-state index contributed by atoms with van der Waals surface area (Å²) in [5.41, 5.74) is 7.68. The summed E-state index contributed by atoms with van der Waals surface area (Å²) in [5, 5.41) is 7.86. The Labute approximate surface area is 129 Å². The zero-order valence-electron chi connectivity index (χ0n) is 12.2. The van der Waals surface area contributed by atoms with E-state index in [1.54, 1.807) is 0 Å². The summed E-state index contributed by atoms with van der Waals surface area (Å²) in [4.78, 5) is 4.81. The molecule has 3 N–H and O–H groups in total. The van der Waals surface area contributed by atoms with E-state index in [4.69, 9.17) is 11.1 Å². The van der Waals surface area contributed by atoms with Crippen LogP contribution in [0.25, 0.3) is 0 Å². The van der Waals surface area contributed by atoms with Gasteiger partial charge >= 0.3 is 0 Å². The first-order chi connectivity index (χ1) is 9.54. The Kier molecular flexibility index (Phi) is 5.05. The molecule has 5 heteroatoms. The normalized spacial score (nSPS) is 20.8. The number of rotatable bonds is 3. The molecule has 0 spiro atoms. The number of nitrogens with one attached hydrogen (secondary N) is 1. The van der Waals surface area contributed by atoms with Gasteiger partial charge in [0, 0.05) is 29.3 Å². The van der Waals surface area contributed by atoms with Crippen molar-refractivity contribution in [3.05, 3.63) is 28.2 Å². The van der Waals surface area contributed by atoms with E-state index in [1.165, 1.54) is 0 Å². The van der Waals surface area contributed by atoms with E-state index in [1.807, 2.05) is 12.1 Å². The van der Waals surface area contributed by atoms with Crippen molar-refractivity contribution in [1.29, 1.82) is 5.41 Å². The molecule has 1 aliphatic heterocycles. The van der Waals surface area contributed by atoms with Crippen LogP contribution in [0.4, 0.5) is 5.69 Å². The Bertz CT molecular complexity index is 489. The Morgan fingerprint density at radius 1 is 1.45 bits per heavy atom. The van der Waals surface area contributed by atoms with E-state index in [2.05, 4.69) is 45.8 Å². The molecule has 1 aromatic carbocycles. The van der Waals surface area contributed by atoms with Crippen molar-refractivity contribution in [3.63, 3.8) is 0 Å². The van der Waals surface area contributed by atoms with Crippen molar-refractivity contribution in [2.45, 2.75) is 25.8 Å². The zero-order chi connectivity index (χ0) is 14.7. The van der Waals surface area contributed by atoms with Gasteiger partial charge in [-0.05, 0) is 54.5 Å². The predicted molar refractivity (Wildman–Crippen MR) is 88.7 cm³/mol. The minimum Gasteiger partial charge on any atom is -0.384 e. The molecule has 1 heterocycles. The number of amidine groups is 1. The van der Waals surface area contributed by atoms with Crippen molar-refractivity contribution in [2.24, 2.45) is 5.73 Å². The maximum atomic E-state index is 7.86. The van der Waals surface area contributed by atoms with Crippen LogP contribution in [0.15, 0.2) is 22.7 Å². The van der Waals surface area contributed by atoms with Crippen molar-refractivity contribution in [1.82, 2.24) is 4.90 Å². The van der Waals surface area contributed by atoms with Crippen LogP contribution in [0.5, 0.6) is 0 Å². The summed E-state index contributed by atoms with van der Waals surface area (Å²) < 4.78 is 0.898. The maximum absolute atomic E-state index is 7.86. The summed E-state index contributed by atoms with van der Waals surface area (Å²) in [5.74, 6) is 0.125. The topological polar surface area (TPSA) is 56.4 Å². The lowest BCUT2D eigenvalue weighted by Gasteiger charge is -2.33. The number of nitrogens with two attached hydrogens (primary N) is 1. The van der Waals surface area contributed by atoms with Crippen LogP contribution in [0.1, 0.15) is 25.3 Å². The van der Waals surface area contributed by atoms with Crippen LogP contribution in [0.3, 0.4) is 0 Å². The number of anilines is 1. The lowest BCUT2D eigenvalue weighted by molar-refractivity contribution is 0.328. The molecule has 1 aromatic rings. The standard InChI is InChI=1S/C15H23BrN4/c1-3-11-10-19(2)8-5-9-20(11)13-7-4-6-12(16)14(13)15(17)18/h4,6-7,11H,3,5,8-10H2,1-2H3,(H3,17,18). The fourth-order valence-corrected chi connectivity index (χ4v) is 3.50. The molecule has 1 unspecified atom stereocenters. The molecular formula is C15H23BrN4. The molecule has 2 rings (SSSR count). The quantitative estimate of drug-likeness (QED) is 0.658. The minimum absolute atomic E-state index is 0.125. The largest absolute Gasteiger partial charge is 0.384 e. The first kappa shape index (κ1) is 15.3. The second-order valence-electron chi connectivity index (χ2n) is 5.42. The fourth-order valence-electron chi connectivity index (χ4n) is 2.93. The van der Waals surface area contributed by atoms with Crippen LogP contribution < -0.4 is 10.6 Å². The van der Waals surface area contributed by atoms with Gasteiger partial charge in [0.2, 0.25) is 0 Å². The van der Waals surface area contributed by atoms with Crippen LogP contribution in [0, 0.1) is 5.41 Å². The van der Waals surface area contributed by atoms with Gasteiger partial charge in [-0.1, -0.05) is 13.0 Å². The first-order valence-corrected chi connectivity index (χ1v) is 7.92. The second kappa shape index (κ2) is 6.59. The maximum Gasteiger partial charge on any atom is 0.126 e. The lowest BCUT2D eigenvalue weighted by Crippen LogP contribution is -2.40. The van der Waals surface area contributed by atoms with E-state index in [9.17, 15) is 0 Å². The van der Waals surface area contributed by atoms with E-state index in [0.717, 1.165) is 48.2 Å². The van der Waals surface area contributed by atoms with Gasteiger partial charge in [-0.15, -0.1) is 0 Å². The highest BCUT2D eigenvalue weighted by atomic mass is 79.9. The van der Waals surface area contributed by atoms with Gasteiger partial charge in [0.05, 0.1) is 5.56 Å². The summed E-state index contributed by atoms with van der Waals surface area (Å²) >= 11 is 3.53. The molecule has 1 aliphatic rings. The number of halogens is 1. The van der Waals surface area contributed by atoms with Gasteiger partial charge in [-0.25, -0.2) is 0 Å². The third kappa shape index (κ3) is 3.15. The number of hydrogen-bond acceptors (Lipinski definition) is 3. The van der Waals surface area contributed by atoms with Gasteiger partial charge in [-0.2, -0.15) is 0 Å². The minimum atomic E-state index is 0.125. The number of nitrogens with zero attached hydrogens (tertiary/aromatic N) is 2. The Morgan fingerprint density at radius 2 is 2.20 bits per heavy atom. The molecule has 4 nitrogen and oxygen atoms in total. The Balaban J connectivity index is 2.43. The van der Waals surface area contributed by atoms with Crippen LogP contribution in [0.2, 0.25) is 0 Å². The molecule has 1 atom stereocenters. The highest BCUT2D eigenvalue weighted by Gasteiger charge is 2.25. The SMILES string of the molecule is CCC1CN(C)CCCN1c1cccc(Br)c1C(=N)N. The number of benzene rings is 1. The second-order valence-corrected chi connectivity index (χ2v) is 6.27. The molecule has 0 bridgehead atoms. The predicted octanol–water partition coefficient (Wildman–Crippen LogP) is 2.65. The highest BCUT2D eigenvalue weighted by molar-refractivity contribution is 9.10. The first-order valence-electron chi connectivity index (χ1n) is 7.12. The molecule has 0 radical (unpaired) electrons. The highest BCUT2D eigenvalue weighted by Crippen LogP contribution is 2.30. The fraction of sp³-hybridized carbons (Fsp3) is 0.533. The smallest absolute Gasteiger partial charge is 0.126 e. The average molecular weight is 339 g/mol. The molecule has 0 aliphatic carbocycles. The monoisotopic (exact) mass is 338 g/mol. The molecule has 20 heavy (non-hydrogen) atoms. The summed E-state index contributed by atoms with van der Waals surface area (Å²) in [7, 11) is 2.18. The third-order valence-electron chi connectivity index (χ3n) is 3.94. The van der Waals surface area contributed by atoms with Gasteiger partial charge < -0.3 is 15.5 Å². The number of hydrogen-bond donors (Lipinski definition) is 2. The average Bonchev–Trinajstić information content (AvgIpc) is 2.59. The molecular weight excluding hydrogens is 316 g/mol. The summed E-state index contributed by atoms with van der Waals surface area (Å²) in [6.07, 6.45) is 2.23. The van der Waals surface area contributed by atoms with E-state index in [0.29, 0.717) is 6.04 Å². The Morgan fingerprint density at radius 3 is 2.85 bits per heavy atom. The van der Waals surface area contributed by atoms with Crippen molar-refractivity contribution < 1.29 is 0 Å². The molecule has 110 valence electrons. The van der Waals surface area contributed by atoms with Crippen molar-refractivity contribution in [3.8, 4) is 0 Å². The lowest BCUT2D eigenvalue weighted by atomic mass is 10.1. The number of likely N-dealkylation sites (N-methyl/N-ethyl adjacent to an activating group) is 1. The Hall–Kier alpha value is -1.07. The van der Waals surface area contributed by atoms with Crippen LogP contribution >= 0.6 is 15.9 Å². The molecule has 1 fully saturated rings. The number of nitrogen functional groups attached to an aromatic ring is 1. The van der Waals surface area contributed by atoms with Crippen molar-refractivity contribution >= 4 is 27.5 Å². The van der Waals surface area contributed by atoms with Gasteiger partial charge in [0.1, 0.15) is 5.84 Å². The zero-order valence-corrected chi connectivity index (χ0v) is 13.8.